The number of aromatic nitrogens is 2. The van der Waals surface area contributed by atoms with Crippen molar-refractivity contribution < 1.29 is 20.1 Å². The minimum Gasteiger partial charge on any atom is -0.333 e. The van der Waals surface area contributed by atoms with Crippen LogP contribution in [-0.4, -0.2) is 9.55 Å². The first-order valence-electron chi connectivity index (χ1n) is 7.29. The maximum Gasteiger partial charge on any atom is 0.187 e. The molecule has 0 saturated carbocycles. The zero-order valence-corrected chi connectivity index (χ0v) is 15.0. The van der Waals surface area contributed by atoms with Gasteiger partial charge in [0.2, 0.25) is 0 Å². The Bertz CT molecular complexity index is 1010. The van der Waals surface area contributed by atoms with E-state index < -0.39 is 0 Å². The molecule has 0 fully saturated rings. The Morgan fingerprint density at radius 3 is 2.38 bits per heavy atom. The molecule has 0 aliphatic rings. The molecule has 0 atom stereocenters. The van der Waals surface area contributed by atoms with E-state index in [1.165, 1.54) is 0 Å². The number of hydrogen-bond donors (Lipinski definition) is 0. The van der Waals surface area contributed by atoms with Crippen LogP contribution in [0.3, 0.4) is 0 Å². The predicted molar refractivity (Wildman–Crippen MR) is 91.6 cm³/mol. The largest absolute Gasteiger partial charge is 0.333 e. The first kappa shape index (κ1) is 16.1. The normalized spacial score (nSPS) is 10.1. The van der Waals surface area contributed by atoms with Crippen molar-refractivity contribution in [3.63, 3.8) is 0 Å². The molecule has 0 spiro atoms. The van der Waals surface area contributed by atoms with Crippen LogP contribution in [0.4, 0.5) is 5.69 Å². The van der Waals surface area contributed by atoms with Gasteiger partial charge in [-0.05, 0) is 24.3 Å². The average Bonchev–Trinajstić information content (AvgIpc) is 3.02. The zero-order chi connectivity index (χ0) is 15.6. The molecule has 3 aromatic carbocycles. The third kappa shape index (κ3) is 2.76. The maximum absolute atomic E-state index is 7.10. The fraction of sp³-hybridized carbons (Fsp3) is 0. The molecule has 0 aliphatic carbocycles. The fourth-order valence-corrected chi connectivity index (χ4v) is 2.68. The van der Waals surface area contributed by atoms with Crippen LogP contribution in [0.25, 0.3) is 33.0 Å². The van der Waals surface area contributed by atoms with Gasteiger partial charge in [-0.3, -0.25) is 4.98 Å². The summed E-state index contributed by atoms with van der Waals surface area (Å²) in [4.78, 5) is 8.23. The third-order valence-electron chi connectivity index (χ3n) is 3.75. The third-order valence-corrected chi connectivity index (χ3v) is 3.75. The fourth-order valence-electron chi connectivity index (χ4n) is 2.68. The van der Waals surface area contributed by atoms with Crippen LogP contribution in [0.15, 0.2) is 72.8 Å². The van der Waals surface area contributed by atoms with Gasteiger partial charge in [0.05, 0.1) is 23.4 Å². The minimum absolute atomic E-state index is 0. The second-order valence-electron chi connectivity index (χ2n) is 5.16. The molecule has 1 heterocycles. The molecule has 0 N–H and O–H groups in total. The Balaban J connectivity index is 0.00000169. The van der Waals surface area contributed by atoms with Gasteiger partial charge in [-0.15, -0.1) is 35.9 Å². The molecule has 3 nitrogen and oxygen atoms in total. The Labute approximate surface area is 153 Å². The first-order valence-corrected chi connectivity index (χ1v) is 7.29. The molecular formula is C20H12IrN3-. The Morgan fingerprint density at radius 2 is 1.67 bits per heavy atom. The molecule has 0 aliphatic heterocycles. The molecule has 24 heavy (non-hydrogen) atoms. The molecule has 0 amide bonds. The molecule has 4 rings (SSSR count). The number of fused-ring (bicyclic) bond motifs is 1. The summed E-state index contributed by atoms with van der Waals surface area (Å²) in [6.07, 6.45) is 0. The molecule has 1 aromatic heterocycles. The van der Waals surface area contributed by atoms with Crippen molar-refractivity contribution in [2.45, 2.75) is 0 Å². The number of hydrogen-bond acceptors (Lipinski definition) is 1. The molecular weight excluding hydrogens is 474 g/mol. The van der Waals surface area contributed by atoms with E-state index in [1.54, 1.807) is 0 Å². The van der Waals surface area contributed by atoms with Gasteiger partial charge in [-0.25, -0.2) is 4.85 Å². The first-order chi connectivity index (χ1) is 11.4. The van der Waals surface area contributed by atoms with Crippen molar-refractivity contribution in [1.29, 1.82) is 0 Å². The van der Waals surface area contributed by atoms with Gasteiger partial charge in [-0.2, -0.15) is 0 Å². The summed E-state index contributed by atoms with van der Waals surface area (Å²) in [6, 6.07) is 26.7. The molecule has 0 unspecified atom stereocenters. The monoisotopic (exact) mass is 487 g/mol. The maximum atomic E-state index is 7.10. The number of para-hydroxylation sites is 2. The van der Waals surface area contributed by atoms with Crippen LogP contribution >= 0.6 is 0 Å². The van der Waals surface area contributed by atoms with Crippen molar-refractivity contribution in [1.82, 2.24) is 9.55 Å². The van der Waals surface area contributed by atoms with Gasteiger partial charge in [0, 0.05) is 25.8 Å². The van der Waals surface area contributed by atoms with E-state index >= 15 is 0 Å². The summed E-state index contributed by atoms with van der Waals surface area (Å²) in [5.41, 5.74) is 4.53. The molecule has 0 saturated heterocycles. The number of imidazole rings is 1. The van der Waals surface area contributed by atoms with Gasteiger partial charge in [0.25, 0.3) is 0 Å². The Morgan fingerprint density at radius 1 is 0.917 bits per heavy atom. The minimum atomic E-state index is 0. The summed E-state index contributed by atoms with van der Waals surface area (Å²) in [5.74, 6) is 0.849. The number of nitrogens with zero attached hydrogens (tertiary/aromatic N) is 3. The van der Waals surface area contributed by atoms with E-state index in [2.05, 4.69) is 21.5 Å². The van der Waals surface area contributed by atoms with Crippen LogP contribution in [0.5, 0.6) is 0 Å². The van der Waals surface area contributed by atoms with Crippen molar-refractivity contribution in [2.75, 3.05) is 0 Å². The van der Waals surface area contributed by atoms with Gasteiger partial charge in [-0.1, -0.05) is 24.3 Å². The van der Waals surface area contributed by atoms with Gasteiger partial charge >= 0.3 is 0 Å². The van der Waals surface area contributed by atoms with Crippen LogP contribution in [0, 0.1) is 12.6 Å². The molecule has 4 heteroatoms. The van der Waals surface area contributed by atoms with Crippen molar-refractivity contribution in [3.05, 3.63) is 90.3 Å². The standard InChI is InChI=1S/C20H12N3.Ir/c1-21-16-11-13-17(14-12-16)23-19-10-6-5-9-18(19)22-20(23)15-7-3-2-4-8-15;/h2-7,9-14H;/q-1;. The SMILES string of the molecule is [C-]#[N+]c1ccc(-n2c(-c3[c-]cccc3)nc3ccccc32)cc1.[Ir]. The number of rotatable bonds is 2. The van der Waals surface area contributed by atoms with E-state index in [-0.39, 0.29) is 20.1 Å². The smallest absolute Gasteiger partial charge is 0.187 e. The van der Waals surface area contributed by atoms with Crippen LogP contribution in [-0.2, 0) is 20.1 Å². The Hall–Kier alpha value is -2.73. The van der Waals surface area contributed by atoms with Crippen LogP contribution < -0.4 is 0 Å². The van der Waals surface area contributed by atoms with Crippen molar-refractivity contribution in [2.24, 2.45) is 0 Å². The summed E-state index contributed by atoms with van der Waals surface area (Å²) in [7, 11) is 0. The zero-order valence-electron chi connectivity index (χ0n) is 12.6. The number of benzene rings is 3. The topological polar surface area (TPSA) is 22.2 Å². The molecule has 4 aromatic rings. The molecule has 117 valence electrons. The van der Waals surface area contributed by atoms with Crippen LogP contribution in [0.1, 0.15) is 0 Å². The summed E-state index contributed by atoms with van der Waals surface area (Å²) < 4.78 is 2.11. The quantitative estimate of drug-likeness (QED) is 0.364. The van der Waals surface area contributed by atoms with E-state index in [1.807, 2.05) is 66.7 Å². The van der Waals surface area contributed by atoms with E-state index in [0.29, 0.717) is 5.69 Å². The second kappa shape index (κ2) is 6.80. The summed E-state index contributed by atoms with van der Waals surface area (Å²) in [6.45, 7) is 7.10. The van der Waals surface area contributed by atoms with Gasteiger partial charge < -0.3 is 4.57 Å². The van der Waals surface area contributed by atoms with Crippen molar-refractivity contribution in [3.8, 4) is 17.1 Å². The van der Waals surface area contributed by atoms with E-state index in [4.69, 9.17) is 11.6 Å². The average molecular weight is 487 g/mol. The Kier molecular flexibility index (Phi) is 4.57. The van der Waals surface area contributed by atoms with E-state index in [9.17, 15) is 0 Å². The second-order valence-corrected chi connectivity index (χ2v) is 5.16. The summed E-state index contributed by atoms with van der Waals surface area (Å²) >= 11 is 0. The van der Waals surface area contributed by atoms with Gasteiger partial charge in [0.15, 0.2) is 5.69 Å². The molecule has 1 radical (unpaired) electrons. The summed E-state index contributed by atoms with van der Waals surface area (Å²) in [5, 5.41) is 0. The predicted octanol–water partition coefficient (Wildman–Crippen LogP) is 5.04. The van der Waals surface area contributed by atoms with E-state index in [0.717, 1.165) is 28.1 Å². The van der Waals surface area contributed by atoms with Crippen molar-refractivity contribution >= 4 is 16.7 Å². The van der Waals surface area contributed by atoms with Crippen LogP contribution in [0.2, 0.25) is 0 Å². The van der Waals surface area contributed by atoms with Gasteiger partial charge in [0.1, 0.15) is 0 Å². The molecule has 0 bridgehead atoms.